The lowest BCUT2D eigenvalue weighted by Crippen LogP contribution is -2.42. The second-order valence-electron chi connectivity index (χ2n) is 7.92. The molecule has 150 valence electrons. The molecule has 5 heteroatoms. The van der Waals surface area contributed by atoms with Crippen LogP contribution in [0.25, 0.3) is 0 Å². The van der Waals surface area contributed by atoms with Crippen molar-refractivity contribution in [3.05, 3.63) is 59.7 Å². The van der Waals surface area contributed by atoms with Gasteiger partial charge in [0.25, 0.3) is 0 Å². The smallest absolute Gasteiger partial charge is 0.232 e. The van der Waals surface area contributed by atoms with E-state index in [0.717, 1.165) is 5.56 Å². The number of hydrogen-bond acceptors (Lipinski definition) is 4. The van der Waals surface area contributed by atoms with Gasteiger partial charge in [-0.05, 0) is 49.6 Å². The van der Waals surface area contributed by atoms with Crippen molar-refractivity contribution in [1.82, 2.24) is 4.90 Å². The minimum atomic E-state index is -0.676. The van der Waals surface area contributed by atoms with Gasteiger partial charge in [0.2, 0.25) is 5.91 Å². The summed E-state index contributed by atoms with van der Waals surface area (Å²) in [5.74, 6) is 1.94. The molecule has 0 spiro atoms. The van der Waals surface area contributed by atoms with Crippen LogP contribution in [0, 0.1) is 5.92 Å². The van der Waals surface area contributed by atoms with Gasteiger partial charge in [-0.25, -0.2) is 0 Å². The number of rotatable bonds is 6. The van der Waals surface area contributed by atoms with Crippen molar-refractivity contribution >= 4 is 5.91 Å². The van der Waals surface area contributed by atoms with Gasteiger partial charge in [0, 0.05) is 19.0 Å². The first-order valence-corrected chi connectivity index (χ1v) is 9.69. The maximum absolute atomic E-state index is 13.5. The maximum atomic E-state index is 13.5. The van der Waals surface area contributed by atoms with E-state index in [0.29, 0.717) is 31.1 Å². The monoisotopic (exact) mass is 382 g/mol. The first kappa shape index (κ1) is 20.2. The molecule has 2 aromatic rings. The van der Waals surface area contributed by atoms with Crippen LogP contribution >= 0.6 is 0 Å². The lowest BCUT2D eigenvalue weighted by atomic mass is 9.83. The lowest BCUT2D eigenvalue weighted by molar-refractivity contribution is -0.135. The molecule has 0 unspecified atom stereocenters. The second-order valence-corrected chi connectivity index (χ2v) is 7.92. The number of carbonyl (C=O) groups is 1. The molecule has 2 N–H and O–H groups in total. The highest BCUT2D eigenvalue weighted by Gasteiger charge is 2.41. The van der Waals surface area contributed by atoms with Crippen LogP contribution < -0.4 is 15.2 Å². The number of methoxy groups -OCH3 is 2. The Kier molecular flexibility index (Phi) is 5.94. The highest BCUT2D eigenvalue weighted by atomic mass is 16.5. The predicted molar refractivity (Wildman–Crippen MR) is 111 cm³/mol. The van der Waals surface area contributed by atoms with Crippen molar-refractivity contribution in [3.63, 3.8) is 0 Å². The lowest BCUT2D eigenvalue weighted by Gasteiger charge is -2.30. The number of nitrogens with zero attached hydrogens (tertiary/aromatic N) is 1. The van der Waals surface area contributed by atoms with Crippen LogP contribution in [0.4, 0.5) is 0 Å². The van der Waals surface area contributed by atoms with Gasteiger partial charge in [-0.3, -0.25) is 4.79 Å². The van der Waals surface area contributed by atoms with Crippen LogP contribution in [0.1, 0.15) is 30.9 Å². The fourth-order valence-electron chi connectivity index (χ4n) is 4.10. The van der Waals surface area contributed by atoms with Crippen LogP contribution in [0.2, 0.25) is 0 Å². The largest absolute Gasteiger partial charge is 0.493 e. The highest BCUT2D eigenvalue weighted by Crippen LogP contribution is 2.37. The molecule has 0 bridgehead atoms. The Labute approximate surface area is 167 Å². The number of amides is 1. The van der Waals surface area contributed by atoms with Crippen molar-refractivity contribution in [3.8, 4) is 11.5 Å². The topological polar surface area (TPSA) is 64.8 Å². The van der Waals surface area contributed by atoms with Crippen molar-refractivity contribution < 1.29 is 14.3 Å². The summed E-state index contributed by atoms with van der Waals surface area (Å²) in [4.78, 5) is 15.4. The first-order chi connectivity index (χ1) is 13.4. The zero-order valence-electron chi connectivity index (χ0n) is 17.1. The molecular weight excluding hydrogens is 352 g/mol. The maximum Gasteiger partial charge on any atom is 0.232 e. The quantitative estimate of drug-likeness (QED) is 0.833. The van der Waals surface area contributed by atoms with E-state index in [4.69, 9.17) is 15.2 Å². The van der Waals surface area contributed by atoms with E-state index < -0.39 is 5.41 Å². The summed E-state index contributed by atoms with van der Waals surface area (Å²) in [6.45, 7) is 5.88. The van der Waals surface area contributed by atoms with Crippen molar-refractivity contribution in [1.29, 1.82) is 0 Å². The van der Waals surface area contributed by atoms with Gasteiger partial charge in [0.05, 0.1) is 19.6 Å². The van der Waals surface area contributed by atoms with Gasteiger partial charge in [-0.15, -0.1) is 0 Å². The Morgan fingerprint density at radius 2 is 1.75 bits per heavy atom. The number of carbonyl (C=O) groups excluding carboxylic acids is 1. The zero-order valence-corrected chi connectivity index (χ0v) is 17.1. The molecule has 2 aromatic carbocycles. The molecule has 0 aromatic heterocycles. The summed E-state index contributed by atoms with van der Waals surface area (Å²) < 4.78 is 10.7. The fourth-order valence-corrected chi connectivity index (χ4v) is 4.10. The molecule has 0 radical (unpaired) electrons. The highest BCUT2D eigenvalue weighted by molar-refractivity contribution is 5.88. The molecule has 1 aliphatic heterocycles. The van der Waals surface area contributed by atoms with Gasteiger partial charge in [-0.1, -0.05) is 36.4 Å². The van der Waals surface area contributed by atoms with Crippen LogP contribution in [0.3, 0.4) is 0 Å². The minimum Gasteiger partial charge on any atom is -0.493 e. The molecule has 5 nitrogen and oxygen atoms in total. The zero-order chi connectivity index (χ0) is 20.3. The van der Waals surface area contributed by atoms with E-state index in [-0.39, 0.29) is 17.7 Å². The van der Waals surface area contributed by atoms with Crippen LogP contribution in [-0.4, -0.2) is 44.7 Å². The standard InChI is InChI=1S/C23H30N2O3/c1-23(2,18-10-11-20(27-3)21(12-18)28-4)22(26)25-14-17(13-24)19(15-25)16-8-6-5-7-9-16/h5-12,17,19H,13-15,24H2,1-4H3/t17-,19+/m1/s1. The number of hydrogen-bond donors (Lipinski definition) is 1. The third kappa shape index (κ3) is 3.72. The van der Waals surface area contributed by atoms with E-state index in [2.05, 4.69) is 12.1 Å². The Hall–Kier alpha value is -2.53. The normalized spacial score (nSPS) is 19.5. The third-order valence-electron chi connectivity index (χ3n) is 5.90. The molecular formula is C23H30N2O3. The molecule has 1 aliphatic rings. The van der Waals surface area contributed by atoms with E-state index in [1.807, 2.05) is 55.1 Å². The first-order valence-electron chi connectivity index (χ1n) is 9.69. The third-order valence-corrected chi connectivity index (χ3v) is 5.90. The summed E-state index contributed by atoms with van der Waals surface area (Å²) >= 11 is 0. The Balaban J connectivity index is 1.84. The molecule has 0 saturated carbocycles. The molecule has 2 atom stereocenters. The summed E-state index contributed by atoms with van der Waals surface area (Å²) in [6.07, 6.45) is 0. The summed E-state index contributed by atoms with van der Waals surface area (Å²) in [7, 11) is 3.21. The van der Waals surface area contributed by atoms with E-state index >= 15 is 0 Å². The van der Waals surface area contributed by atoms with Crippen LogP contribution in [0.5, 0.6) is 11.5 Å². The van der Waals surface area contributed by atoms with Gasteiger partial charge < -0.3 is 20.1 Å². The van der Waals surface area contributed by atoms with Crippen molar-refractivity contribution in [2.24, 2.45) is 11.7 Å². The molecule has 1 saturated heterocycles. The molecule has 1 amide bonds. The number of likely N-dealkylation sites (tertiary alicyclic amines) is 1. The van der Waals surface area contributed by atoms with Crippen LogP contribution in [-0.2, 0) is 10.2 Å². The average molecular weight is 383 g/mol. The second kappa shape index (κ2) is 8.23. The van der Waals surface area contributed by atoms with Crippen molar-refractivity contribution in [2.45, 2.75) is 25.2 Å². The van der Waals surface area contributed by atoms with E-state index in [9.17, 15) is 4.79 Å². The SMILES string of the molecule is COc1ccc(C(C)(C)C(=O)N2C[C@@H](CN)[C@H](c3ccccc3)C2)cc1OC. The fraction of sp³-hybridized carbons (Fsp3) is 0.435. The van der Waals surface area contributed by atoms with Gasteiger partial charge >= 0.3 is 0 Å². The minimum absolute atomic E-state index is 0.108. The predicted octanol–water partition coefficient (Wildman–Crippen LogP) is 3.18. The number of benzene rings is 2. The summed E-state index contributed by atoms with van der Waals surface area (Å²) in [5.41, 5.74) is 7.52. The van der Waals surface area contributed by atoms with E-state index in [1.54, 1.807) is 14.2 Å². The summed E-state index contributed by atoms with van der Waals surface area (Å²) in [6, 6.07) is 16.0. The van der Waals surface area contributed by atoms with Gasteiger partial charge in [-0.2, -0.15) is 0 Å². The van der Waals surface area contributed by atoms with Crippen molar-refractivity contribution in [2.75, 3.05) is 33.9 Å². The molecule has 28 heavy (non-hydrogen) atoms. The Morgan fingerprint density at radius 3 is 2.36 bits per heavy atom. The van der Waals surface area contributed by atoms with Crippen LogP contribution in [0.15, 0.2) is 48.5 Å². The Morgan fingerprint density at radius 1 is 1.07 bits per heavy atom. The molecule has 1 fully saturated rings. The molecule has 0 aliphatic carbocycles. The van der Waals surface area contributed by atoms with Gasteiger partial charge in [0.15, 0.2) is 11.5 Å². The Bertz CT molecular complexity index is 820. The van der Waals surface area contributed by atoms with E-state index in [1.165, 1.54) is 5.56 Å². The molecule has 3 rings (SSSR count). The molecule has 1 heterocycles. The number of ether oxygens (including phenoxy) is 2. The van der Waals surface area contributed by atoms with Gasteiger partial charge in [0.1, 0.15) is 0 Å². The average Bonchev–Trinajstić information content (AvgIpc) is 3.17. The number of nitrogens with two attached hydrogens (primary N) is 1. The summed E-state index contributed by atoms with van der Waals surface area (Å²) in [5, 5.41) is 0.